The Bertz CT molecular complexity index is 767. The average Bonchev–Trinajstić information content (AvgIpc) is 3.15. The number of hydrogen-bond acceptors (Lipinski definition) is 7. The lowest BCUT2D eigenvalue weighted by Crippen LogP contribution is -2.16. The Balaban J connectivity index is 1.43. The van der Waals surface area contributed by atoms with Gasteiger partial charge in [-0.15, -0.1) is 11.3 Å². The van der Waals surface area contributed by atoms with Crippen LogP contribution in [0.25, 0.3) is 0 Å². The number of anilines is 1. The summed E-state index contributed by atoms with van der Waals surface area (Å²) in [7, 11) is 0. The van der Waals surface area contributed by atoms with Crippen LogP contribution in [-0.2, 0) is 27.3 Å². The van der Waals surface area contributed by atoms with E-state index in [-0.39, 0.29) is 12.4 Å². The Hall–Kier alpha value is -2.25. The van der Waals surface area contributed by atoms with Gasteiger partial charge in [-0.3, -0.25) is 10.2 Å². The number of benzene rings is 1. The van der Waals surface area contributed by atoms with Crippen LogP contribution in [0.3, 0.4) is 0 Å². The van der Waals surface area contributed by atoms with Gasteiger partial charge in [-0.25, -0.2) is 4.98 Å². The van der Waals surface area contributed by atoms with E-state index in [9.17, 15) is 4.79 Å². The lowest BCUT2D eigenvalue weighted by atomic mass is 9.98. The maximum atomic E-state index is 11.5. The Morgan fingerprint density at radius 1 is 1.29 bits per heavy atom. The summed E-state index contributed by atoms with van der Waals surface area (Å²) in [5.41, 5.74) is 5.76. The molecule has 0 amide bonds. The number of carbonyl (C=O) groups excluding carboxylic acids is 1. The summed E-state index contributed by atoms with van der Waals surface area (Å²) in [5.74, 6) is -0.268. The third-order valence-electron chi connectivity index (χ3n) is 4.57. The maximum Gasteiger partial charge on any atom is 0.311 e. The molecule has 28 heavy (non-hydrogen) atoms. The highest BCUT2D eigenvalue weighted by molar-refractivity contribution is 7.13. The van der Waals surface area contributed by atoms with Crippen molar-refractivity contribution in [2.45, 2.75) is 58.2 Å². The van der Waals surface area contributed by atoms with Gasteiger partial charge >= 0.3 is 5.97 Å². The Labute approximate surface area is 170 Å². The summed E-state index contributed by atoms with van der Waals surface area (Å²) < 4.78 is 10.9. The van der Waals surface area contributed by atoms with E-state index in [1.165, 1.54) is 49.0 Å². The van der Waals surface area contributed by atoms with E-state index in [1.54, 1.807) is 13.1 Å². The smallest absolute Gasteiger partial charge is 0.311 e. The summed E-state index contributed by atoms with van der Waals surface area (Å²) in [5, 5.41) is 6.69. The quantitative estimate of drug-likeness (QED) is 0.379. The summed E-state index contributed by atoms with van der Waals surface area (Å²) in [6.07, 6.45) is 8.65. The van der Waals surface area contributed by atoms with Gasteiger partial charge in [0.2, 0.25) is 5.13 Å². The molecule has 1 aromatic heterocycles. The molecular weight excluding hydrogens is 374 g/mol. The second kappa shape index (κ2) is 10.9. The first-order valence-corrected chi connectivity index (χ1v) is 10.7. The second-order valence-electron chi connectivity index (χ2n) is 6.81. The van der Waals surface area contributed by atoms with Crippen LogP contribution in [0, 0.1) is 0 Å². The molecule has 0 saturated heterocycles. The number of nitrogens with zero attached hydrogens (tertiary/aromatic N) is 2. The standard InChI is InChI=1S/C21H27N3O3S/c1-2-26-20(25)12-18-15-28-21(23-18)24-22-13-16-8-10-17(11-9-16)14-27-19-6-4-3-5-7-19/h8-11,13,15,19H,2-7,12,14H2,1H3,(H,23,24). The first-order valence-electron chi connectivity index (χ1n) is 9.82. The van der Waals surface area contributed by atoms with Crippen LogP contribution < -0.4 is 5.43 Å². The minimum Gasteiger partial charge on any atom is -0.466 e. The number of esters is 1. The van der Waals surface area contributed by atoms with Crippen LogP contribution >= 0.6 is 11.3 Å². The van der Waals surface area contributed by atoms with E-state index in [0.717, 1.165) is 5.56 Å². The average molecular weight is 402 g/mol. The predicted octanol–water partition coefficient (Wildman–Crippen LogP) is 4.54. The van der Waals surface area contributed by atoms with Crippen LogP contribution in [-0.4, -0.2) is 29.9 Å². The second-order valence-corrected chi connectivity index (χ2v) is 7.67. The molecule has 0 spiro atoms. The highest BCUT2D eigenvalue weighted by Crippen LogP contribution is 2.21. The molecule has 2 aromatic rings. The van der Waals surface area contributed by atoms with Crippen molar-refractivity contribution in [2.24, 2.45) is 5.10 Å². The van der Waals surface area contributed by atoms with E-state index in [2.05, 4.69) is 27.6 Å². The molecule has 6 nitrogen and oxygen atoms in total. The van der Waals surface area contributed by atoms with Gasteiger partial charge in [0.25, 0.3) is 0 Å². The van der Waals surface area contributed by atoms with Crippen molar-refractivity contribution in [3.63, 3.8) is 0 Å². The molecular formula is C21H27N3O3S. The van der Waals surface area contributed by atoms with Crippen molar-refractivity contribution >= 4 is 28.7 Å². The summed E-state index contributed by atoms with van der Waals surface area (Å²) in [6, 6.07) is 8.20. The van der Waals surface area contributed by atoms with Gasteiger partial charge in [-0.1, -0.05) is 43.5 Å². The number of aromatic nitrogens is 1. The summed E-state index contributed by atoms with van der Waals surface area (Å²) in [4.78, 5) is 15.8. The normalized spacial score (nSPS) is 15.0. The lowest BCUT2D eigenvalue weighted by molar-refractivity contribution is -0.142. The Morgan fingerprint density at radius 2 is 2.07 bits per heavy atom. The molecule has 0 atom stereocenters. The number of hydrogen-bond donors (Lipinski definition) is 1. The monoisotopic (exact) mass is 401 g/mol. The molecule has 1 aliphatic carbocycles. The third-order valence-corrected chi connectivity index (χ3v) is 5.37. The Kier molecular flexibility index (Phi) is 7.99. The molecule has 0 unspecified atom stereocenters. The van der Waals surface area contributed by atoms with Crippen molar-refractivity contribution < 1.29 is 14.3 Å². The van der Waals surface area contributed by atoms with E-state index >= 15 is 0 Å². The third kappa shape index (κ3) is 6.73. The number of thiazole rings is 1. The SMILES string of the molecule is CCOC(=O)Cc1csc(NN=Cc2ccc(COC3CCCCC3)cc2)n1. The van der Waals surface area contributed by atoms with Crippen molar-refractivity contribution in [3.05, 3.63) is 46.5 Å². The van der Waals surface area contributed by atoms with Gasteiger partial charge in [0.1, 0.15) is 0 Å². The number of hydrazone groups is 1. The number of rotatable bonds is 9. The maximum absolute atomic E-state index is 11.5. The fraction of sp³-hybridized carbons (Fsp3) is 0.476. The zero-order valence-corrected chi connectivity index (χ0v) is 17.0. The predicted molar refractivity (Wildman–Crippen MR) is 112 cm³/mol. The molecule has 7 heteroatoms. The van der Waals surface area contributed by atoms with Gasteiger partial charge in [0.05, 0.1) is 37.6 Å². The van der Waals surface area contributed by atoms with Crippen molar-refractivity contribution in [3.8, 4) is 0 Å². The molecule has 150 valence electrons. The highest BCUT2D eigenvalue weighted by Gasteiger charge is 2.13. The molecule has 1 saturated carbocycles. The first-order chi connectivity index (χ1) is 13.7. The highest BCUT2D eigenvalue weighted by atomic mass is 32.1. The minimum absolute atomic E-state index is 0.181. The van der Waals surface area contributed by atoms with E-state index in [1.807, 2.05) is 17.5 Å². The van der Waals surface area contributed by atoms with Gasteiger partial charge in [-0.05, 0) is 30.9 Å². The van der Waals surface area contributed by atoms with Crippen LogP contribution in [0.1, 0.15) is 55.8 Å². The summed E-state index contributed by atoms with van der Waals surface area (Å²) >= 11 is 1.41. The van der Waals surface area contributed by atoms with Crippen molar-refractivity contribution in [1.29, 1.82) is 0 Å². The molecule has 1 aliphatic rings. The molecule has 1 aromatic carbocycles. The van der Waals surface area contributed by atoms with E-state index in [4.69, 9.17) is 9.47 Å². The Morgan fingerprint density at radius 3 is 2.82 bits per heavy atom. The van der Waals surface area contributed by atoms with Crippen molar-refractivity contribution in [2.75, 3.05) is 12.0 Å². The number of nitrogens with one attached hydrogen (secondary N) is 1. The zero-order chi connectivity index (χ0) is 19.6. The van der Waals surface area contributed by atoms with E-state index < -0.39 is 0 Å². The molecule has 1 N–H and O–H groups in total. The topological polar surface area (TPSA) is 72.8 Å². The van der Waals surface area contributed by atoms with Gasteiger partial charge in [0, 0.05) is 5.38 Å². The molecule has 1 heterocycles. The van der Waals surface area contributed by atoms with Crippen LogP contribution in [0.15, 0.2) is 34.7 Å². The zero-order valence-electron chi connectivity index (χ0n) is 16.2. The fourth-order valence-corrected chi connectivity index (χ4v) is 3.77. The summed E-state index contributed by atoms with van der Waals surface area (Å²) in [6.45, 7) is 2.84. The van der Waals surface area contributed by atoms with Crippen molar-refractivity contribution in [1.82, 2.24) is 4.98 Å². The molecule has 1 fully saturated rings. The van der Waals surface area contributed by atoms with Gasteiger partial charge < -0.3 is 9.47 Å². The fourth-order valence-electron chi connectivity index (χ4n) is 3.11. The van der Waals surface area contributed by atoms with Gasteiger partial charge in [-0.2, -0.15) is 5.10 Å². The molecule has 0 radical (unpaired) electrons. The lowest BCUT2D eigenvalue weighted by Gasteiger charge is -2.22. The number of ether oxygens (including phenoxy) is 2. The minimum atomic E-state index is -0.268. The first kappa shape index (κ1) is 20.5. The van der Waals surface area contributed by atoms with Crippen LogP contribution in [0.2, 0.25) is 0 Å². The van der Waals surface area contributed by atoms with E-state index in [0.29, 0.717) is 30.1 Å². The van der Waals surface area contributed by atoms with Gasteiger partial charge in [0.15, 0.2) is 0 Å². The van der Waals surface area contributed by atoms with Crippen LogP contribution in [0.5, 0.6) is 0 Å². The number of carbonyl (C=O) groups is 1. The molecule has 0 bridgehead atoms. The van der Waals surface area contributed by atoms with Crippen LogP contribution in [0.4, 0.5) is 5.13 Å². The largest absolute Gasteiger partial charge is 0.466 e. The molecule has 3 rings (SSSR count). The molecule has 0 aliphatic heterocycles.